The van der Waals surface area contributed by atoms with Gasteiger partial charge in [-0.05, 0) is 25.1 Å². The molecule has 100 valence electrons. The number of aromatic nitrogens is 1. The Bertz CT molecular complexity index is 652. The lowest BCUT2D eigenvalue weighted by Crippen LogP contribution is -2.08. The number of pyridine rings is 1. The van der Waals surface area contributed by atoms with E-state index in [9.17, 15) is 13.0 Å². The van der Waals surface area contributed by atoms with Crippen molar-refractivity contribution in [3.8, 4) is 0 Å². The van der Waals surface area contributed by atoms with Gasteiger partial charge in [0.15, 0.2) is 11.0 Å². The molecule has 1 N–H and O–H groups in total. The molecule has 1 heterocycles. The fourth-order valence-electron chi connectivity index (χ4n) is 1.40. The summed E-state index contributed by atoms with van der Waals surface area (Å²) in [7, 11) is -1.73. The van der Waals surface area contributed by atoms with Crippen molar-refractivity contribution in [2.45, 2.75) is 11.8 Å². The van der Waals surface area contributed by atoms with E-state index in [0.29, 0.717) is 21.7 Å². The van der Waals surface area contributed by atoms with E-state index in [1.54, 1.807) is 6.92 Å². The first-order chi connectivity index (χ1) is 8.97. The van der Waals surface area contributed by atoms with Gasteiger partial charge in [-0.25, -0.2) is 13.0 Å². The quantitative estimate of drug-likeness (QED) is 0.943. The summed E-state index contributed by atoms with van der Waals surface area (Å²) < 4.78 is 40.7. The number of hydrogen-bond donors (Lipinski definition) is 1. The Labute approximate surface area is 116 Å². The first kappa shape index (κ1) is 13.9. The molecule has 7 heteroatoms. The predicted octanol–water partition coefficient (Wildman–Crippen LogP) is 3.46. The van der Waals surface area contributed by atoms with E-state index >= 15 is 0 Å². The molecular weight excluding hydrogens is 294 g/mol. The van der Waals surface area contributed by atoms with Crippen LogP contribution in [0.15, 0.2) is 35.4 Å². The molecule has 0 bridgehead atoms. The Morgan fingerprint density at radius 3 is 2.74 bits per heavy atom. The number of benzene rings is 1. The molecular formula is C12H9ClF2N2OS. The molecule has 0 saturated heterocycles. The molecule has 0 aliphatic rings. The van der Waals surface area contributed by atoms with Crippen LogP contribution in [0.3, 0.4) is 0 Å². The minimum absolute atomic E-state index is 0.0564. The van der Waals surface area contributed by atoms with E-state index in [-0.39, 0.29) is 5.69 Å². The molecule has 0 fully saturated rings. The van der Waals surface area contributed by atoms with E-state index in [4.69, 9.17) is 11.6 Å². The first-order valence-electron chi connectivity index (χ1n) is 5.23. The van der Waals surface area contributed by atoms with Crippen molar-refractivity contribution in [2.75, 3.05) is 4.72 Å². The van der Waals surface area contributed by atoms with E-state index in [1.165, 1.54) is 18.3 Å². The number of rotatable bonds is 3. The third-order valence-electron chi connectivity index (χ3n) is 2.34. The van der Waals surface area contributed by atoms with Crippen molar-refractivity contribution >= 4 is 28.3 Å². The third-order valence-corrected chi connectivity index (χ3v) is 3.77. The fourth-order valence-corrected chi connectivity index (χ4v) is 2.66. The zero-order valence-corrected chi connectivity index (χ0v) is 11.4. The lowest BCUT2D eigenvalue weighted by Gasteiger charge is -2.09. The van der Waals surface area contributed by atoms with Crippen LogP contribution < -0.4 is 4.72 Å². The minimum Gasteiger partial charge on any atom is -0.298 e. The van der Waals surface area contributed by atoms with Gasteiger partial charge < -0.3 is 0 Å². The topological polar surface area (TPSA) is 42.0 Å². The van der Waals surface area contributed by atoms with Crippen LogP contribution >= 0.6 is 11.6 Å². The van der Waals surface area contributed by atoms with Crippen LogP contribution in [0.5, 0.6) is 0 Å². The fraction of sp³-hybridized carbons (Fsp3) is 0.0833. The Hall–Kier alpha value is -1.53. The van der Waals surface area contributed by atoms with Gasteiger partial charge in [0.25, 0.3) is 0 Å². The van der Waals surface area contributed by atoms with Crippen molar-refractivity contribution in [2.24, 2.45) is 0 Å². The maximum atomic E-state index is 13.4. The van der Waals surface area contributed by atoms with Gasteiger partial charge in [-0.3, -0.25) is 9.71 Å². The average Bonchev–Trinajstić information content (AvgIpc) is 2.35. The van der Waals surface area contributed by atoms with Gasteiger partial charge in [-0.15, -0.1) is 0 Å². The molecule has 3 nitrogen and oxygen atoms in total. The van der Waals surface area contributed by atoms with Crippen LogP contribution in [-0.4, -0.2) is 9.19 Å². The molecule has 1 aromatic heterocycles. The summed E-state index contributed by atoms with van der Waals surface area (Å²) in [5.74, 6) is -1.52. The zero-order valence-electron chi connectivity index (χ0n) is 9.78. The highest BCUT2D eigenvalue weighted by molar-refractivity contribution is 7.86. The summed E-state index contributed by atoms with van der Waals surface area (Å²) in [4.78, 5) is 4.30. The number of halogens is 3. The molecule has 2 rings (SSSR count). The van der Waals surface area contributed by atoms with E-state index in [1.807, 2.05) is 0 Å². The van der Waals surface area contributed by atoms with Crippen molar-refractivity contribution < 1.29 is 13.0 Å². The molecule has 0 radical (unpaired) electrons. The summed E-state index contributed by atoms with van der Waals surface area (Å²) in [6.45, 7) is 1.66. The maximum absolute atomic E-state index is 13.4. The minimum atomic E-state index is -1.73. The highest BCUT2D eigenvalue weighted by Crippen LogP contribution is 2.20. The number of nitrogens with one attached hydrogen (secondary N) is 1. The third kappa shape index (κ3) is 3.27. The van der Waals surface area contributed by atoms with Crippen LogP contribution in [0.1, 0.15) is 5.69 Å². The van der Waals surface area contributed by atoms with Crippen LogP contribution in [0, 0.1) is 18.6 Å². The smallest absolute Gasteiger partial charge is 0.152 e. The highest BCUT2D eigenvalue weighted by atomic mass is 35.5. The number of aryl methyl sites for hydroxylation is 1. The Kier molecular flexibility index (Phi) is 4.11. The molecule has 1 atom stereocenters. The average molecular weight is 303 g/mol. The number of nitrogens with zero attached hydrogens (tertiary/aromatic N) is 1. The number of anilines is 1. The van der Waals surface area contributed by atoms with Crippen LogP contribution in [0.25, 0.3) is 0 Å². The van der Waals surface area contributed by atoms with Gasteiger partial charge in [0.1, 0.15) is 11.6 Å². The summed E-state index contributed by atoms with van der Waals surface area (Å²) in [6.07, 6.45) is 1.43. The number of hydrogen-bond acceptors (Lipinski definition) is 2. The van der Waals surface area contributed by atoms with Crippen LogP contribution in [0.4, 0.5) is 14.5 Å². The molecule has 0 saturated carbocycles. The molecule has 0 aliphatic heterocycles. The molecule has 1 aromatic carbocycles. The molecule has 0 amide bonds. The molecule has 19 heavy (non-hydrogen) atoms. The summed E-state index contributed by atoms with van der Waals surface area (Å²) in [5, 5.41) is 0.329. The lowest BCUT2D eigenvalue weighted by molar-refractivity contribution is 0.586. The van der Waals surface area contributed by atoms with Crippen molar-refractivity contribution in [1.82, 2.24) is 4.98 Å². The summed E-state index contributed by atoms with van der Waals surface area (Å²) >= 11 is 5.77. The SMILES string of the molecule is Cc1ncc(Cl)cc1S(=O)Nc1ccc(F)cc1F. The van der Waals surface area contributed by atoms with Gasteiger partial charge in [0, 0.05) is 12.3 Å². The van der Waals surface area contributed by atoms with Gasteiger partial charge in [-0.2, -0.15) is 0 Å². The van der Waals surface area contributed by atoms with Gasteiger partial charge in [0.05, 0.1) is 21.3 Å². The maximum Gasteiger partial charge on any atom is 0.152 e. The normalized spacial score (nSPS) is 12.2. The summed E-state index contributed by atoms with van der Waals surface area (Å²) in [6, 6.07) is 4.44. The Morgan fingerprint density at radius 1 is 1.32 bits per heavy atom. The second kappa shape index (κ2) is 5.63. The van der Waals surface area contributed by atoms with Crippen molar-refractivity contribution in [1.29, 1.82) is 0 Å². The highest BCUT2D eigenvalue weighted by Gasteiger charge is 2.12. The molecule has 0 aliphatic carbocycles. The lowest BCUT2D eigenvalue weighted by atomic mass is 10.3. The summed E-state index contributed by atoms with van der Waals surface area (Å²) in [5.41, 5.74) is 0.455. The molecule has 1 unspecified atom stereocenters. The van der Waals surface area contributed by atoms with Crippen LogP contribution in [0.2, 0.25) is 5.02 Å². The van der Waals surface area contributed by atoms with E-state index in [2.05, 4.69) is 9.71 Å². The molecule has 2 aromatic rings. The van der Waals surface area contributed by atoms with Crippen LogP contribution in [-0.2, 0) is 11.0 Å². The predicted molar refractivity (Wildman–Crippen MR) is 70.4 cm³/mol. The van der Waals surface area contributed by atoms with E-state index < -0.39 is 22.6 Å². The Balaban J connectivity index is 2.28. The largest absolute Gasteiger partial charge is 0.298 e. The molecule has 0 spiro atoms. The van der Waals surface area contributed by atoms with Gasteiger partial charge in [0.2, 0.25) is 0 Å². The monoisotopic (exact) mass is 302 g/mol. The van der Waals surface area contributed by atoms with Gasteiger partial charge in [-0.1, -0.05) is 11.6 Å². The second-order valence-electron chi connectivity index (χ2n) is 3.73. The second-order valence-corrected chi connectivity index (χ2v) is 5.35. The van der Waals surface area contributed by atoms with Gasteiger partial charge >= 0.3 is 0 Å². The van der Waals surface area contributed by atoms with E-state index in [0.717, 1.165) is 6.07 Å². The van der Waals surface area contributed by atoms with Crippen molar-refractivity contribution in [3.05, 3.63) is 52.8 Å². The standard InChI is InChI=1S/C12H9ClF2N2OS/c1-7-12(4-8(13)6-16-7)19(18)17-11-3-2-9(14)5-10(11)15/h2-6,17H,1H3. The zero-order chi connectivity index (χ0) is 14.0. The Morgan fingerprint density at radius 2 is 2.05 bits per heavy atom. The van der Waals surface area contributed by atoms with Crippen molar-refractivity contribution in [3.63, 3.8) is 0 Å². The first-order valence-corrected chi connectivity index (χ1v) is 6.76.